The predicted molar refractivity (Wildman–Crippen MR) is 63.9 cm³/mol. The molecule has 0 bridgehead atoms. The lowest BCUT2D eigenvalue weighted by atomic mass is 9.81. The van der Waals surface area contributed by atoms with Crippen molar-refractivity contribution < 1.29 is 13.2 Å². The molecule has 88 valence electrons. The Hall–Kier alpha value is 0.260. The van der Waals surface area contributed by atoms with Crippen molar-refractivity contribution in [1.82, 2.24) is 0 Å². The smallest absolute Gasteiger partial charge is 0.171 e. The van der Waals surface area contributed by atoms with Crippen LogP contribution in [0.15, 0.2) is 9.66 Å². The van der Waals surface area contributed by atoms with Crippen LogP contribution in [-0.2, 0) is 0 Å². The largest absolute Gasteiger partial charge is 0.391 e. The van der Waals surface area contributed by atoms with Crippen molar-refractivity contribution in [2.24, 2.45) is 11.8 Å². The van der Waals surface area contributed by atoms with Gasteiger partial charge in [-0.25, -0.2) is 0 Å². The number of hydrogen-bond acceptors (Lipinski definition) is 0. The number of allylic oxidation sites excluding steroid dienone is 2. The molecule has 2 atom stereocenters. The van der Waals surface area contributed by atoms with Gasteiger partial charge in [0.1, 0.15) is 0 Å². The van der Waals surface area contributed by atoms with Gasteiger partial charge in [-0.15, -0.1) is 0 Å². The number of hydrogen-bond donors (Lipinski definition) is 0. The Bertz CT molecular complexity index is 232. The summed E-state index contributed by atoms with van der Waals surface area (Å²) >= 11 is 2.19. The van der Waals surface area contributed by atoms with Crippen LogP contribution in [0.5, 0.6) is 0 Å². The third-order valence-electron chi connectivity index (χ3n) is 2.93. The van der Waals surface area contributed by atoms with Crippen LogP contribution in [0.25, 0.3) is 0 Å². The summed E-state index contributed by atoms with van der Waals surface area (Å²) in [5.41, 5.74) is 0. The van der Waals surface area contributed by atoms with Crippen molar-refractivity contribution in [1.29, 1.82) is 0 Å². The number of halogens is 4. The van der Waals surface area contributed by atoms with E-state index in [-0.39, 0.29) is 12.3 Å². The van der Waals surface area contributed by atoms with E-state index in [1.54, 1.807) is 0 Å². The van der Waals surface area contributed by atoms with Crippen LogP contribution in [0.2, 0.25) is 0 Å². The second-order valence-corrected chi connectivity index (χ2v) is 5.34. The Labute approximate surface area is 102 Å². The summed E-state index contributed by atoms with van der Waals surface area (Å²) < 4.78 is 38.7. The van der Waals surface area contributed by atoms with Crippen molar-refractivity contribution in [3.8, 4) is 0 Å². The first kappa shape index (κ1) is 13.3. The topological polar surface area (TPSA) is 0 Å². The first-order chi connectivity index (χ1) is 6.95. The highest BCUT2D eigenvalue weighted by atomic mass is 127. The van der Waals surface area contributed by atoms with Crippen molar-refractivity contribution >= 4 is 22.6 Å². The fraction of sp³-hybridized carbons (Fsp3) is 0.818. The van der Waals surface area contributed by atoms with Gasteiger partial charge in [-0.3, -0.25) is 0 Å². The van der Waals surface area contributed by atoms with Gasteiger partial charge >= 0.3 is 6.18 Å². The lowest BCUT2D eigenvalue weighted by Gasteiger charge is -2.30. The van der Waals surface area contributed by atoms with E-state index in [1.807, 2.05) is 13.0 Å². The van der Waals surface area contributed by atoms with Gasteiger partial charge in [-0.1, -0.05) is 19.4 Å². The molecule has 0 aromatic rings. The molecule has 2 unspecified atom stereocenters. The molecule has 0 heterocycles. The SMILES string of the molecule is CC/C=C(\I)C1CCCC(C(F)(F)F)C1. The molecule has 0 saturated heterocycles. The van der Waals surface area contributed by atoms with Gasteiger partial charge in [0.2, 0.25) is 0 Å². The summed E-state index contributed by atoms with van der Waals surface area (Å²) in [5, 5.41) is 0. The standard InChI is InChI=1S/C11H16F3I/c1-2-4-10(15)8-5-3-6-9(7-8)11(12,13)14/h4,8-9H,2-3,5-7H2,1H3/b10-4-. The molecule has 1 fully saturated rings. The maximum Gasteiger partial charge on any atom is 0.391 e. The van der Waals surface area contributed by atoms with E-state index >= 15 is 0 Å². The van der Waals surface area contributed by atoms with Crippen LogP contribution in [0.4, 0.5) is 13.2 Å². The molecule has 1 aliphatic carbocycles. The normalized spacial score (nSPS) is 29.3. The van der Waals surface area contributed by atoms with Gasteiger partial charge in [0.25, 0.3) is 0 Å². The Kier molecular flexibility index (Phi) is 4.93. The first-order valence-corrected chi connectivity index (χ1v) is 6.45. The quantitative estimate of drug-likeness (QED) is 0.619. The zero-order chi connectivity index (χ0) is 11.5. The maximum absolute atomic E-state index is 12.5. The third kappa shape index (κ3) is 3.96. The van der Waals surface area contributed by atoms with Gasteiger partial charge in [-0.05, 0) is 57.8 Å². The van der Waals surface area contributed by atoms with E-state index in [0.29, 0.717) is 12.8 Å². The van der Waals surface area contributed by atoms with E-state index in [2.05, 4.69) is 22.6 Å². The van der Waals surface area contributed by atoms with E-state index < -0.39 is 12.1 Å². The minimum absolute atomic E-state index is 0.144. The summed E-state index contributed by atoms with van der Waals surface area (Å²) in [4.78, 5) is 0. The van der Waals surface area contributed by atoms with Gasteiger partial charge in [0.15, 0.2) is 0 Å². The van der Waals surface area contributed by atoms with Gasteiger partial charge < -0.3 is 0 Å². The van der Waals surface area contributed by atoms with E-state index in [0.717, 1.165) is 16.4 Å². The van der Waals surface area contributed by atoms with E-state index in [4.69, 9.17) is 0 Å². The Morgan fingerprint density at radius 2 is 2.07 bits per heavy atom. The molecule has 0 aromatic carbocycles. The Balaban J connectivity index is 2.60. The fourth-order valence-corrected chi connectivity index (χ4v) is 3.11. The lowest BCUT2D eigenvalue weighted by Crippen LogP contribution is -2.28. The molecule has 15 heavy (non-hydrogen) atoms. The molecule has 0 aromatic heterocycles. The van der Waals surface area contributed by atoms with Crippen molar-refractivity contribution in [2.75, 3.05) is 0 Å². The van der Waals surface area contributed by atoms with Crippen LogP contribution in [0.1, 0.15) is 39.0 Å². The Morgan fingerprint density at radius 1 is 1.40 bits per heavy atom. The Morgan fingerprint density at radius 3 is 2.60 bits per heavy atom. The molecule has 4 heteroatoms. The molecule has 0 N–H and O–H groups in total. The molecule has 0 radical (unpaired) electrons. The molecule has 0 nitrogen and oxygen atoms in total. The van der Waals surface area contributed by atoms with Crippen LogP contribution >= 0.6 is 22.6 Å². The molecule has 0 aliphatic heterocycles. The molecule has 1 rings (SSSR count). The van der Waals surface area contributed by atoms with E-state index in [1.165, 1.54) is 0 Å². The molecule has 1 saturated carbocycles. The summed E-state index contributed by atoms with van der Waals surface area (Å²) in [5.74, 6) is -0.933. The average molecular weight is 332 g/mol. The number of rotatable bonds is 2. The van der Waals surface area contributed by atoms with Crippen LogP contribution in [-0.4, -0.2) is 6.18 Å². The third-order valence-corrected chi connectivity index (χ3v) is 4.25. The summed E-state index contributed by atoms with van der Waals surface area (Å²) in [6.07, 6.45) is 1.19. The molecule has 0 spiro atoms. The first-order valence-electron chi connectivity index (χ1n) is 5.37. The predicted octanol–water partition coefficient (Wildman–Crippen LogP) is 5.08. The zero-order valence-electron chi connectivity index (χ0n) is 8.78. The highest BCUT2D eigenvalue weighted by Gasteiger charge is 2.42. The summed E-state index contributed by atoms with van der Waals surface area (Å²) in [6.45, 7) is 2.02. The average Bonchev–Trinajstić information content (AvgIpc) is 2.17. The molecular formula is C11H16F3I. The van der Waals surface area contributed by atoms with Gasteiger partial charge in [0, 0.05) is 0 Å². The van der Waals surface area contributed by atoms with Crippen molar-refractivity contribution in [2.45, 2.75) is 45.2 Å². The van der Waals surface area contributed by atoms with Crippen molar-refractivity contribution in [3.05, 3.63) is 9.66 Å². The highest BCUT2D eigenvalue weighted by molar-refractivity contribution is 14.1. The molecule has 0 amide bonds. The molecule has 1 aliphatic rings. The fourth-order valence-electron chi connectivity index (χ4n) is 2.10. The second kappa shape index (κ2) is 5.55. The van der Waals surface area contributed by atoms with E-state index in [9.17, 15) is 13.2 Å². The lowest BCUT2D eigenvalue weighted by molar-refractivity contribution is -0.184. The monoisotopic (exact) mass is 332 g/mol. The van der Waals surface area contributed by atoms with Crippen LogP contribution in [0.3, 0.4) is 0 Å². The van der Waals surface area contributed by atoms with Gasteiger partial charge in [0.05, 0.1) is 5.92 Å². The maximum atomic E-state index is 12.5. The summed E-state index contributed by atoms with van der Waals surface area (Å²) in [6, 6.07) is 0. The zero-order valence-corrected chi connectivity index (χ0v) is 10.9. The van der Waals surface area contributed by atoms with Crippen molar-refractivity contribution in [3.63, 3.8) is 0 Å². The van der Waals surface area contributed by atoms with Gasteiger partial charge in [-0.2, -0.15) is 13.2 Å². The minimum atomic E-state index is -4.00. The van der Waals surface area contributed by atoms with Crippen LogP contribution < -0.4 is 0 Å². The summed E-state index contributed by atoms with van der Waals surface area (Å²) in [7, 11) is 0. The highest BCUT2D eigenvalue weighted by Crippen LogP contribution is 2.43. The second-order valence-electron chi connectivity index (χ2n) is 4.10. The number of alkyl halides is 3. The van der Waals surface area contributed by atoms with Crippen LogP contribution in [0, 0.1) is 11.8 Å². The minimum Gasteiger partial charge on any atom is -0.171 e. The molecular weight excluding hydrogens is 316 g/mol.